The number of carbonyl (C=O) groups excluding carboxylic acids is 3. The Hall–Kier alpha value is -2.79. The van der Waals surface area contributed by atoms with E-state index < -0.39 is 6.04 Å². The Labute approximate surface area is 228 Å². The van der Waals surface area contributed by atoms with Gasteiger partial charge < -0.3 is 24.8 Å². The predicted molar refractivity (Wildman–Crippen MR) is 146 cm³/mol. The highest BCUT2D eigenvalue weighted by molar-refractivity contribution is 7.12. The molecule has 0 saturated carbocycles. The molecule has 2 aromatic rings. The van der Waals surface area contributed by atoms with E-state index in [4.69, 9.17) is 4.74 Å². The quantitative estimate of drug-likeness (QED) is 0.575. The minimum atomic E-state index is -0.589. The van der Waals surface area contributed by atoms with Crippen LogP contribution in [-0.4, -0.2) is 122 Å². The van der Waals surface area contributed by atoms with Gasteiger partial charge in [0.05, 0.1) is 24.1 Å². The van der Waals surface area contributed by atoms with Crippen molar-refractivity contribution in [3.8, 4) is 0 Å². The summed E-state index contributed by atoms with van der Waals surface area (Å²) in [5, 5.41) is 5.20. The Balaban J connectivity index is 1.40. The number of nitrogens with zero attached hydrogens (tertiary/aromatic N) is 4. The van der Waals surface area contributed by atoms with Crippen LogP contribution in [0, 0.1) is 6.92 Å². The van der Waals surface area contributed by atoms with Crippen LogP contribution in [0.5, 0.6) is 0 Å². The van der Waals surface area contributed by atoms with Crippen molar-refractivity contribution in [3.63, 3.8) is 0 Å². The number of piperazine rings is 1. The van der Waals surface area contributed by atoms with Crippen molar-refractivity contribution in [1.29, 1.82) is 0 Å². The lowest BCUT2D eigenvalue weighted by atomic mass is 10.1. The molecule has 10 heteroatoms. The lowest BCUT2D eigenvalue weighted by Crippen LogP contribution is -2.53. The molecule has 0 aliphatic carbocycles. The smallest absolute Gasteiger partial charge is 0.264 e. The lowest BCUT2D eigenvalue weighted by Gasteiger charge is -2.33. The van der Waals surface area contributed by atoms with Gasteiger partial charge in [-0.15, -0.1) is 11.3 Å². The van der Waals surface area contributed by atoms with Gasteiger partial charge in [-0.2, -0.15) is 0 Å². The Morgan fingerprint density at radius 1 is 1.05 bits per heavy atom. The third-order valence-corrected chi connectivity index (χ3v) is 8.60. The Bertz CT molecular complexity index is 1100. The second kappa shape index (κ2) is 12.4. The first-order chi connectivity index (χ1) is 18.5. The number of amides is 3. The fourth-order valence-corrected chi connectivity index (χ4v) is 6.20. The van der Waals surface area contributed by atoms with E-state index in [0.29, 0.717) is 56.3 Å². The molecule has 3 saturated heterocycles. The van der Waals surface area contributed by atoms with Crippen LogP contribution in [0.3, 0.4) is 0 Å². The van der Waals surface area contributed by atoms with Crippen molar-refractivity contribution in [2.75, 3.05) is 72.1 Å². The third-order valence-electron chi connectivity index (χ3n) is 7.75. The standard InChI is InChI=1S/C28H37N5O4S/c1-21-4-6-22(7-5-21)26(34)33-20-23(19-24(33)27(35)31-10-8-29-9-11-31)32(28(36)25-3-2-18-38-25)13-12-30-14-16-37-17-15-30/h2-7,18,23-24,29H,8-17,19-20H2,1H3. The zero-order chi connectivity index (χ0) is 26.5. The fraction of sp³-hybridized carbons (Fsp3) is 0.536. The molecule has 3 aliphatic heterocycles. The summed E-state index contributed by atoms with van der Waals surface area (Å²) in [6, 6.07) is 10.4. The maximum Gasteiger partial charge on any atom is 0.264 e. The number of ether oxygens (including phenoxy) is 1. The summed E-state index contributed by atoms with van der Waals surface area (Å²) in [7, 11) is 0. The molecule has 0 radical (unpaired) electrons. The molecule has 5 rings (SSSR count). The molecule has 0 spiro atoms. The molecule has 38 heavy (non-hydrogen) atoms. The van der Waals surface area contributed by atoms with Crippen LogP contribution >= 0.6 is 11.3 Å². The van der Waals surface area contributed by atoms with Crippen LogP contribution < -0.4 is 5.32 Å². The van der Waals surface area contributed by atoms with Crippen molar-refractivity contribution < 1.29 is 19.1 Å². The number of morpholine rings is 1. The first kappa shape index (κ1) is 26.8. The largest absolute Gasteiger partial charge is 0.379 e. The zero-order valence-corrected chi connectivity index (χ0v) is 22.8. The summed E-state index contributed by atoms with van der Waals surface area (Å²) >= 11 is 1.43. The van der Waals surface area contributed by atoms with Crippen molar-refractivity contribution >= 4 is 29.1 Å². The van der Waals surface area contributed by atoms with Crippen molar-refractivity contribution in [2.24, 2.45) is 0 Å². The van der Waals surface area contributed by atoms with E-state index in [1.54, 1.807) is 4.90 Å². The van der Waals surface area contributed by atoms with Crippen LogP contribution in [-0.2, 0) is 9.53 Å². The van der Waals surface area contributed by atoms with Gasteiger partial charge in [-0.05, 0) is 36.9 Å². The summed E-state index contributed by atoms with van der Waals surface area (Å²) in [6.07, 6.45) is 0.445. The first-order valence-corrected chi connectivity index (χ1v) is 14.4. The average Bonchev–Trinajstić information content (AvgIpc) is 3.65. The number of rotatable bonds is 7. The highest BCUT2D eigenvalue weighted by Gasteiger charge is 2.45. The molecule has 2 atom stereocenters. The van der Waals surface area contributed by atoms with E-state index in [9.17, 15) is 14.4 Å². The molecule has 1 N–H and O–H groups in total. The molecule has 1 aromatic carbocycles. The molecular weight excluding hydrogens is 502 g/mol. The van der Waals surface area contributed by atoms with Crippen LogP contribution in [0.2, 0.25) is 0 Å². The number of aryl methyl sites for hydroxylation is 1. The second-order valence-electron chi connectivity index (χ2n) is 10.2. The van der Waals surface area contributed by atoms with Gasteiger partial charge in [0.2, 0.25) is 5.91 Å². The van der Waals surface area contributed by atoms with Gasteiger partial charge in [0.15, 0.2) is 0 Å². The number of hydrogen-bond acceptors (Lipinski definition) is 7. The first-order valence-electron chi connectivity index (χ1n) is 13.5. The predicted octanol–water partition coefficient (Wildman–Crippen LogP) is 1.55. The van der Waals surface area contributed by atoms with Gasteiger partial charge in [0.1, 0.15) is 6.04 Å². The number of thiophene rings is 1. The van der Waals surface area contributed by atoms with E-state index in [1.165, 1.54) is 11.3 Å². The molecule has 0 bridgehead atoms. The van der Waals surface area contributed by atoms with Crippen molar-refractivity contribution in [3.05, 3.63) is 57.8 Å². The van der Waals surface area contributed by atoms with Crippen LogP contribution in [0.15, 0.2) is 41.8 Å². The lowest BCUT2D eigenvalue weighted by molar-refractivity contribution is -0.135. The minimum Gasteiger partial charge on any atom is -0.379 e. The van der Waals surface area contributed by atoms with Gasteiger partial charge in [0.25, 0.3) is 11.8 Å². The highest BCUT2D eigenvalue weighted by Crippen LogP contribution is 2.28. The highest BCUT2D eigenvalue weighted by atomic mass is 32.1. The van der Waals surface area contributed by atoms with Gasteiger partial charge in [0, 0.05) is 64.5 Å². The van der Waals surface area contributed by atoms with Crippen LogP contribution in [0.1, 0.15) is 32.0 Å². The SMILES string of the molecule is Cc1ccc(C(=O)N2CC(N(CCN3CCOCC3)C(=O)c3cccs3)CC2C(=O)N2CCNCC2)cc1. The van der Waals surface area contributed by atoms with E-state index >= 15 is 0 Å². The number of nitrogens with one attached hydrogen (secondary N) is 1. The van der Waals surface area contributed by atoms with Crippen molar-refractivity contribution in [1.82, 2.24) is 24.9 Å². The molecule has 3 fully saturated rings. The zero-order valence-electron chi connectivity index (χ0n) is 22.0. The summed E-state index contributed by atoms with van der Waals surface area (Å²) in [5.41, 5.74) is 1.64. The van der Waals surface area contributed by atoms with Crippen LogP contribution in [0.25, 0.3) is 0 Å². The molecule has 2 unspecified atom stereocenters. The van der Waals surface area contributed by atoms with Gasteiger partial charge in [-0.1, -0.05) is 23.8 Å². The minimum absolute atomic E-state index is 0.0221. The second-order valence-corrected chi connectivity index (χ2v) is 11.2. The van der Waals surface area contributed by atoms with Gasteiger partial charge in [-0.3, -0.25) is 19.3 Å². The molecular formula is C28H37N5O4S. The summed E-state index contributed by atoms with van der Waals surface area (Å²) in [5.74, 6) is -0.208. The number of likely N-dealkylation sites (tertiary alicyclic amines) is 1. The molecule has 9 nitrogen and oxygen atoms in total. The van der Waals surface area contributed by atoms with E-state index in [-0.39, 0.29) is 23.8 Å². The fourth-order valence-electron chi connectivity index (χ4n) is 5.52. The monoisotopic (exact) mass is 539 g/mol. The summed E-state index contributed by atoms with van der Waals surface area (Å²) < 4.78 is 5.49. The third kappa shape index (κ3) is 6.09. The van der Waals surface area contributed by atoms with Crippen LogP contribution in [0.4, 0.5) is 0 Å². The van der Waals surface area contributed by atoms with E-state index in [0.717, 1.165) is 38.3 Å². The number of carbonyl (C=O) groups is 3. The van der Waals surface area contributed by atoms with Gasteiger partial charge >= 0.3 is 0 Å². The maximum atomic E-state index is 13.8. The Morgan fingerprint density at radius 3 is 2.47 bits per heavy atom. The molecule has 3 amide bonds. The Morgan fingerprint density at radius 2 is 1.79 bits per heavy atom. The average molecular weight is 540 g/mol. The topological polar surface area (TPSA) is 85.4 Å². The van der Waals surface area contributed by atoms with E-state index in [2.05, 4.69) is 10.2 Å². The summed E-state index contributed by atoms with van der Waals surface area (Å²) in [4.78, 5) is 49.7. The molecule has 1 aromatic heterocycles. The number of benzene rings is 1. The summed E-state index contributed by atoms with van der Waals surface area (Å²) in [6.45, 7) is 9.43. The maximum absolute atomic E-state index is 13.8. The van der Waals surface area contributed by atoms with Gasteiger partial charge in [-0.25, -0.2) is 0 Å². The Kier molecular flexibility index (Phi) is 8.73. The molecule has 4 heterocycles. The van der Waals surface area contributed by atoms with E-state index in [1.807, 2.05) is 58.5 Å². The number of hydrogen-bond donors (Lipinski definition) is 1. The molecule has 3 aliphatic rings. The normalized spacial score (nSPS) is 22.4. The van der Waals surface area contributed by atoms with Crippen molar-refractivity contribution in [2.45, 2.75) is 25.4 Å². The molecule has 204 valence electrons.